The molecule has 2 heterocycles. The van der Waals surface area contributed by atoms with E-state index in [0.29, 0.717) is 17.9 Å². The second kappa shape index (κ2) is 10.2. The quantitative estimate of drug-likeness (QED) is 0.309. The fraction of sp³-hybridized carbons (Fsp3) is 0.240. The van der Waals surface area contributed by atoms with E-state index in [2.05, 4.69) is 27.2 Å². The number of hydrogen-bond acceptors (Lipinski definition) is 8. The number of hydrogen-bond donors (Lipinski definition) is 4. The van der Waals surface area contributed by atoms with Crippen molar-refractivity contribution in [2.75, 3.05) is 29.5 Å². The molecule has 1 aliphatic rings. The van der Waals surface area contributed by atoms with Crippen molar-refractivity contribution in [3.05, 3.63) is 84.7 Å². The molecule has 1 aliphatic heterocycles. The molecule has 5 N–H and O–H groups in total. The van der Waals surface area contributed by atoms with E-state index in [0.717, 1.165) is 30.8 Å². The highest BCUT2D eigenvalue weighted by Gasteiger charge is 2.26. The third-order valence-corrected chi connectivity index (χ3v) is 5.69. The number of nitrogens with two attached hydrogens (primary N) is 1. The van der Waals surface area contributed by atoms with Gasteiger partial charge >= 0.3 is 0 Å². The molecule has 0 aliphatic carbocycles. The largest absolute Gasteiger partial charge is 0.383 e. The van der Waals surface area contributed by atoms with Crippen LogP contribution in [0.4, 0.5) is 23.0 Å². The summed E-state index contributed by atoms with van der Waals surface area (Å²) in [6.07, 6.45) is 3.95. The van der Waals surface area contributed by atoms with Crippen LogP contribution in [0.1, 0.15) is 28.8 Å². The first-order valence-corrected chi connectivity index (χ1v) is 10.9. The number of aliphatic hydroxyl groups is 1. The number of aromatic nitrogens is 2. The van der Waals surface area contributed by atoms with Crippen molar-refractivity contribution in [2.45, 2.75) is 25.1 Å². The summed E-state index contributed by atoms with van der Waals surface area (Å²) in [6.45, 7) is 5.04. The minimum absolute atomic E-state index is 0.00616. The number of carbonyl (C=O) groups is 1. The van der Waals surface area contributed by atoms with Crippen LogP contribution < -0.4 is 16.4 Å². The summed E-state index contributed by atoms with van der Waals surface area (Å²) in [6, 6.07) is 17.0. The van der Waals surface area contributed by atoms with Crippen LogP contribution in [0.5, 0.6) is 0 Å². The van der Waals surface area contributed by atoms with Crippen LogP contribution >= 0.6 is 0 Å². The van der Waals surface area contributed by atoms with Gasteiger partial charge in [0, 0.05) is 36.1 Å². The minimum Gasteiger partial charge on any atom is -0.383 e. The first kappa shape index (κ1) is 22.4. The van der Waals surface area contributed by atoms with Crippen LogP contribution in [0.2, 0.25) is 0 Å². The lowest BCUT2D eigenvalue weighted by molar-refractivity contribution is 0.0251. The van der Waals surface area contributed by atoms with Gasteiger partial charge in [-0.05, 0) is 55.3 Å². The first-order chi connectivity index (χ1) is 16.0. The molecule has 0 bridgehead atoms. The molecular weight excluding hydrogens is 416 g/mol. The molecule has 1 aromatic heterocycles. The smallest absolute Gasteiger partial charge is 0.200 e. The standard InChI is InChI=1S/C25H28N6O2/c1-2-21(32)31-14-6-9-20(15-31)30-25-22(24(26)27-16-28-25)23(33)17-10-12-19(13-11-17)29-18-7-4-3-5-8-18/h2-5,7-8,10-13,16,20-21,29,32H,1,6,9,14-15H2,(H3,26,27,28,30)/t20-,21?/m1/s1. The second-order valence-corrected chi connectivity index (χ2v) is 8.01. The highest BCUT2D eigenvalue weighted by atomic mass is 16.3. The van der Waals surface area contributed by atoms with Crippen LogP contribution in [0.25, 0.3) is 0 Å². The summed E-state index contributed by atoms with van der Waals surface area (Å²) in [5, 5.41) is 16.7. The fourth-order valence-corrected chi connectivity index (χ4v) is 3.98. The Bertz CT molecular complexity index is 1100. The Labute approximate surface area is 193 Å². The number of piperidine rings is 1. The van der Waals surface area contributed by atoms with Crippen LogP contribution in [0, 0.1) is 0 Å². The van der Waals surface area contributed by atoms with Gasteiger partial charge < -0.3 is 21.5 Å². The average molecular weight is 445 g/mol. The highest BCUT2D eigenvalue weighted by Crippen LogP contribution is 2.25. The predicted octanol–water partition coefficient (Wildman–Crippen LogP) is 3.41. The number of ketones is 1. The van der Waals surface area contributed by atoms with Gasteiger partial charge in [0.1, 0.15) is 29.8 Å². The Morgan fingerprint density at radius 1 is 1.15 bits per heavy atom. The number of anilines is 4. The van der Waals surface area contributed by atoms with Crippen molar-refractivity contribution in [1.29, 1.82) is 0 Å². The number of carbonyl (C=O) groups excluding carboxylic acids is 1. The fourth-order valence-electron chi connectivity index (χ4n) is 3.98. The molecule has 170 valence electrons. The molecule has 2 aromatic carbocycles. The molecular formula is C25H28N6O2. The number of nitrogens with zero attached hydrogens (tertiary/aromatic N) is 3. The second-order valence-electron chi connectivity index (χ2n) is 8.01. The van der Waals surface area contributed by atoms with E-state index in [1.165, 1.54) is 12.4 Å². The molecule has 1 saturated heterocycles. The van der Waals surface area contributed by atoms with Gasteiger partial charge in [0.15, 0.2) is 5.78 Å². The van der Waals surface area contributed by atoms with Crippen LogP contribution in [0.3, 0.4) is 0 Å². The van der Waals surface area contributed by atoms with Gasteiger partial charge in [-0.15, -0.1) is 0 Å². The summed E-state index contributed by atoms with van der Waals surface area (Å²) in [7, 11) is 0. The molecule has 1 fully saturated rings. The average Bonchev–Trinajstić information content (AvgIpc) is 2.84. The Hall–Kier alpha value is -3.75. The summed E-state index contributed by atoms with van der Waals surface area (Å²) in [5.74, 6) is 0.280. The summed E-state index contributed by atoms with van der Waals surface area (Å²) in [5.41, 5.74) is 8.69. The number of para-hydroxylation sites is 1. The Kier molecular flexibility index (Phi) is 6.97. The van der Waals surface area contributed by atoms with E-state index in [-0.39, 0.29) is 23.2 Å². The third-order valence-electron chi connectivity index (χ3n) is 5.69. The first-order valence-electron chi connectivity index (χ1n) is 10.9. The van der Waals surface area contributed by atoms with Gasteiger partial charge in [-0.2, -0.15) is 0 Å². The van der Waals surface area contributed by atoms with E-state index in [4.69, 9.17) is 5.73 Å². The van der Waals surface area contributed by atoms with Crippen molar-refractivity contribution in [3.8, 4) is 0 Å². The maximum atomic E-state index is 13.3. The number of nitrogen functional groups attached to an aromatic ring is 1. The SMILES string of the molecule is C=CC(O)N1CCC[C@@H](Nc2ncnc(N)c2C(=O)c2ccc(Nc3ccccc3)cc2)C1. The molecule has 0 amide bonds. The van der Waals surface area contributed by atoms with E-state index in [1.54, 1.807) is 12.1 Å². The van der Waals surface area contributed by atoms with Crippen molar-refractivity contribution in [2.24, 2.45) is 0 Å². The maximum absolute atomic E-state index is 13.3. The topological polar surface area (TPSA) is 116 Å². The molecule has 3 aromatic rings. The van der Waals surface area contributed by atoms with Crippen LogP contribution in [0.15, 0.2) is 73.6 Å². The number of benzene rings is 2. The molecule has 2 atom stereocenters. The number of likely N-dealkylation sites (tertiary alicyclic amines) is 1. The number of nitrogens with one attached hydrogen (secondary N) is 2. The minimum atomic E-state index is -0.700. The molecule has 0 radical (unpaired) electrons. The molecule has 0 spiro atoms. The lowest BCUT2D eigenvalue weighted by Gasteiger charge is -2.35. The molecule has 8 nitrogen and oxygen atoms in total. The zero-order valence-electron chi connectivity index (χ0n) is 18.3. The predicted molar refractivity (Wildman–Crippen MR) is 130 cm³/mol. The van der Waals surface area contributed by atoms with Crippen LogP contribution in [-0.2, 0) is 0 Å². The number of aliphatic hydroxyl groups excluding tert-OH is 1. The van der Waals surface area contributed by atoms with E-state index in [1.807, 2.05) is 47.4 Å². The molecule has 0 saturated carbocycles. The van der Waals surface area contributed by atoms with Gasteiger partial charge in [-0.1, -0.05) is 24.8 Å². The molecule has 4 rings (SSSR count). The zero-order valence-corrected chi connectivity index (χ0v) is 18.3. The summed E-state index contributed by atoms with van der Waals surface area (Å²) in [4.78, 5) is 23.6. The van der Waals surface area contributed by atoms with Crippen molar-refractivity contribution >= 4 is 28.8 Å². The molecule has 1 unspecified atom stereocenters. The molecule has 8 heteroatoms. The van der Waals surface area contributed by atoms with Crippen LogP contribution in [-0.4, -0.2) is 51.1 Å². The zero-order chi connectivity index (χ0) is 23.2. The van der Waals surface area contributed by atoms with Crippen molar-refractivity contribution < 1.29 is 9.90 Å². The lowest BCUT2D eigenvalue weighted by Crippen LogP contribution is -2.46. The van der Waals surface area contributed by atoms with Crippen molar-refractivity contribution in [1.82, 2.24) is 14.9 Å². The normalized spacial score (nSPS) is 17.2. The lowest BCUT2D eigenvalue weighted by atomic mass is 10.0. The van der Waals surface area contributed by atoms with E-state index in [9.17, 15) is 9.90 Å². The Balaban J connectivity index is 1.51. The molecule has 33 heavy (non-hydrogen) atoms. The Morgan fingerprint density at radius 3 is 2.61 bits per heavy atom. The van der Waals surface area contributed by atoms with Crippen molar-refractivity contribution in [3.63, 3.8) is 0 Å². The van der Waals surface area contributed by atoms with Gasteiger partial charge in [-0.3, -0.25) is 9.69 Å². The van der Waals surface area contributed by atoms with Gasteiger partial charge in [0.25, 0.3) is 0 Å². The van der Waals surface area contributed by atoms with E-state index >= 15 is 0 Å². The van der Waals surface area contributed by atoms with Gasteiger partial charge in [-0.25, -0.2) is 9.97 Å². The van der Waals surface area contributed by atoms with E-state index < -0.39 is 6.23 Å². The van der Waals surface area contributed by atoms with Gasteiger partial charge in [0.2, 0.25) is 0 Å². The third kappa shape index (κ3) is 5.36. The van der Waals surface area contributed by atoms with Gasteiger partial charge in [0.05, 0.1) is 0 Å². The summed E-state index contributed by atoms with van der Waals surface area (Å²) < 4.78 is 0. The number of rotatable bonds is 8. The monoisotopic (exact) mass is 444 g/mol. The maximum Gasteiger partial charge on any atom is 0.200 e. The Morgan fingerprint density at radius 2 is 1.88 bits per heavy atom. The highest BCUT2D eigenvalue weighted by molar-refractivity contribution is 6.14. The summed E-state index contributed by atoms with van der Waals surface area (Å²) >= 11 is 0.